The molecule has 108 valence electrons. The van der Waals surface area contributed by atoms with E-state index in [9.17, 15) is 9.59 Å². The molecule has 1 atom stereocenters. The maximum atomic E-state index is 12.2. The fourth-order valence-electron chi connectivity index (χ4n) is 2.60. The van der Waals surface area contributed by atoms with Crippen molar-refractivity contribution < 1.29 is 9.59 Å². The molecule has 1 aliphatic rings. The van der Waals surface area contributed by atoms with E-state index in [1.165, 1.54) is 5.56 Å². The number of benzene rings is 1. The summed E-state index contributed by atoms with van der Waals surface area (Å²) in [4.78, 5) is 25.8. The van der Waals surface area contributed by atoms with Gasteiger partial charge < -0.3 is 4.90 Å². The number of Topliss-reactive ketones (excluding diaryl/α,β-unsaturated/α-hetero) is 1. The summed E-state index contributed by atoms with van der Waals surface area (Å²) in [6.45, 7) is 7.30. The minimum Gasteiger partial charge on any atom is -0.335 e. The number of nitrogens with zero attached hydrogens (tertiary/aromatic N) is 1. The molecule has 3 heteroatoms. The van der Waals surface area contributed by atoms with Crippen LogP contribution in [0.15, 0.2) is 24.3 Å². The van der Waals surface area contributed by atoms with Crippen LogP contribution in [-0.4, -0.2) is 29.7 Å². The molecular weight excluding hydrogens is 250 g/mol. The zero-order chi connectivity index (χ0) is 14.7. The van der Waals surface area contributed by atoms with Gasteiger partial charge in [-0.2, -0.15) is 0 Å². The zero-order valence-corrected chi connectivity index (χ0v) is 12.6. The van der Waals surface area contributed by atoms with Crippen LogP contribution in [0, 0.1) is 5.92 Å². The molecule has 0 radical (unpaired) electrons. The maximum Gasteiger partial charge on any atom is 0.223 e. The highest BCUT2D eigenvalue weighted by Gasteiger charge is 2.29. The van der Waals surface area contributed by atoms with Gasteiger partial charge in [0.2, 0.25) is 5.91 Å². The van der Waals surface area contributed by atoms with E-state index >= 15 is 0 Å². The lowest BCUT2D eigenvalue weighted by atomic mass is 10.0. The summed E-state index contributed by atoms with van der Waals surface area (Å²) < 4.78 is 0. The number of ketones is 1. The molecule has 2 rings (SSSR count). The minimum atomic E-state index is 0.0328. The predicted molar refractivity (Wildman–Crippen MR) is 79.8 cm³/mol. The van der Waals surface area contributed by atoms with Gasteiger partial charge >= 0.3 is 0 Å². The van der Waals surface area contributed by atoms with E-state index in [0.29, 0.717) is 23.8 Å². The Morgan fingerprint density at radius 3 is 2.45 bits per heavy atom. The van der Waals surface area contributed by atoms with Crippen LogP contribution in [0.3, 0.4) is 0 Å². The first-order chi connectivity index (χ1) is 9.51. The van der Waals surface area contributed by atoms with Crippen molar-refractivity contribution in [3.8, 4) is 0 Å². The molecule has 0 saturated carbocycles. The monoisotopic (exact) mass is 273 g/mol. The topological polar surface area (TPSA) is 37.4 Å². The van der Waals surface area contributed by atoms with Gasteiger partial charge in [-0.05, 0) is 17.4 Å². The fraction of sp³-hybridized carbons (Fsp3) is 0.529. The number of hydrogen-bond donors (Lipinski definition) is 0. The van der Waals surface area contributed by atoms with Gasteiger partial charge in [-0.1, -0.05) is 51.5 Å². The largest absolute Gasteiger partial charge is 0.335 e. The number of rotatable bonds is 5. The molecule has 1 aromatic carbocycles. The molecule has 1 amide bonds. The molecule has 0 aromatic heterocycles. The second kappa shape index (κ2) is 6.21. The van der Waals surface area contributed by atoms with E-state index in [1.54, 1.807) is 4.90 Å². The van der Waals surface area contributed by atoms with Crippen molar-refractivity contribution in [2.75, 3.05) is 13.1 Å². The van der Waals surface area contributed by atoms with Crippen molar-refractivity contribution >= 4 is 11.7 Å². The Hall–Kier alpha value is -1.64. The Morgan fingerprint density at radius 1 is 1.30 bits per heavy atom. The van der Waals surface area contributed by atoms with Crippen LogP contribution in [-0.2, 0) is 4.79 Å². The average molecular weight is 273 g/mol. The van der Waals surface area contributed by atoms with Crippen LogP contribution < -0.4 is 0 Å². The summed E-state index contributed by atoms with van der Waals surface area (Å²) in [6, 6.07) is 7.74. The number of carbonyl (C=O) groups excluding carboxylic acids is 2. The van der Waals surface area contributed by atoms with Crippen molar-refractivity contribution in [3.05, 3.63) is 35.4 Å². The van der Waals surface area contributed by atoms with Crippen LogP contribution >= 0.6 is 0 Å². The summed E-state index contributed by atoms with van der Waals surface area (Å²) >= 11 is 0. The Labute approximate surface area is 121 Å². The molecule has 1 aliphatic heterocycles. The van der Waals surface area contributed by atoms with Crippen molar-refractivity contribution in [3.63, 3.8) is 0 Å². The summed E-state index contributed by atoms with van der Waals surface area (Å²) in [7, 11) is 0. The lowest BCUT2D eigenvalue weighted by molar-refractivity contribution is -0.127. The van der Waals surface area contributed by atoms with Crippen LogP contribution in [0.1, 0.15) is 55.5 Å². The van der Waals surface area contributed by atoms with E-state index in [1.807, 2.05) is 24.3 Å². The van der Waals surface area contributed by atoms with Crippen LogP contribution in [0.5, 0.6) is 0 Å². The molecule has 0 spiro atoms. The molecule has 1 unspecified atom stereocenters. The fourth-order valence-corrected chi connectivity index (χ4v) is 2.60. The Morgan fingerprint density at radius 2 is 1.95 bits per heavy atom. The molecule has 1 aromatic rings. The van der Waals surface area contributed by atoms with Crippen LogP contribution in [0.4, 0.5) is 0 Å². The molecule has 1 heterocycles. The normalized spacial score (nSPS) is 18.9. The zero-order valence-electron chi connectivity index (χ0n) is 12.6. The summed E-state index contributed by atoms with van der Waals surface area (Å²) in [6.07, 6.45) is 1.59. The van der Waals surface area contributed by atoms with Gasteiger partial charge in [0.1, 0.15) is 0 Å². The third kappa shape index (κ3) is 3.27. The molecule has 0 aliphatic carbocycles. The number of hydrogen-bond acceptors (Lipinski definition) is 2. The van der Waals surface area contributed by atoms with E-state index in [4.69, 9.17) is 0 Å². The molecule has 1 fully saturated rings. The lowest BCUT2D eigenvalue weighted by Gasteiger charge is -2.15. The molecule has 1 saturated heterocycles. The summed E-state index contributed by atoms with van der Waals surface area (Å²) in [5.74, 6) is 1.03. The maximum absolute atomic E-state index is 12.2. The average Bonchev–Trinajstić information content (AvgIpc) is 2.79. The van der Waals surface area contributed by atoms with Gasteiger partial charge in [-0.3, -0.25) is 9.59 Å². The Kier molecular flexibility index (Phi) is 4.58. The van der Waals surface area contributed by atoms with E-state index in [-0.39, 0.29) is 18.2 Å². The molecule has 3 nitrogen and oxygen atoms in total. The van der Waals surface area contributed by atoms with Crippen LogP contribution in [0.2, 0.25) is 0 Å². The highest BCUT2D eigenvalue weighted by Crippen LogP contribution is 2.21. The minimum absolute atomic E-state index is 0.0328. The third-order valence-corrected chi connectivity index (χ3v) is 4.11. The van der Waals surface area contributed by atoms with Gasteiger partial charge in [-0.15, -0.1) is 0 Å². The van der Waals surface area contributed by atoms with Gasteiger partial charge in [0.15, 0.2) is 5.78 Å². The first-order valence-corrected chi connectivity index (χ1v) is 7.42. The smallest absolute Gasteiger partial charge is 0.223 e. The van der Waals surface area contributed by atoms with Crippen molar-refractivity contribution in [2.45, 2.75) is 39.5 Å². The number of carbonyl (C=O) groups is 2. The standard InChI is InChI=1S/C17H23NO2/c1-4-13-9-17(20)18(10-13)11-16(19)15-7-5-14(6-8-15)12(2)3/h5-8,12-13H,4,9-11H2,1-3H3. The van der Waals surface area contributed by atoms with E-state index in [0.717, 1.165) is 13.0 Å². The van der Waals surface area contributed by atoms with Crippen LogP contribution in [0.25, 0.3) is 0 Å². The summed E-state index contributed by atoms with van der Waals surface area (Å²) in [5, 5.41) is 0. The van der Waals surface area contributed by atoms with Gasteiger partial charge in [0, 0.05) is 18.5 Å². The molecular formula is C17H23NO2. The number of amides is 1. The van der Waals surface area contributed by atoms with E-state index < -0.39 is 0 Å². The highest BCUT2D eigenvalue weighted by atomic mass is 16.2. The quantitative estimate of drug-likeness (QED) is 0.772. The molecule has 0 N–H and O–H groups in total. The van der Waals surface area contributed by atoms with Crippen molar-refractivity contribution in [2.24, 2.45) is 5.92 Å². The Bertz CT molecular complexity index is 490. The third-order valence-electron chi connectivity index (χ3n) is 4.11. The number of likely N-dealkylation sites (tertiary alicyclic amines) is 1. The van der Waals surface area contributed by atoms with Gasteiger partial charge in [0.05, 0.1) is 6.54 Å². The SMILES string of the molecule is CCC1CC(=O)N(CC(=O)c2ccc(C(C)C)cc2)C1. The highest BCUT2D eigenvalue weighted by molar-refractivity contribution is 5.99. The van der Waals surface area contributed by atoms with Crippen molar-refractivity contribution in [1.29, 1.82) is 0 Å². The first kappa shape index (κ1) is 14.8. The first-order valence-electron chi connectivity index (χ1n) is 7.42. The lowest BCUT2D eigenvalue weighted by Crippen LogP contribution is -2.31. The van der Waals surface area contributed by atoms with Crippen molar-refractivity contribution in [1.82, 2.24) is 4.90 Å². The molecule has 20 heavy (non-hydrogen) atoms. The summed E-state index contributed by atoms with van der Waals surface area (Å²) in [5.41, 5.74) is 1.92. The predicted octanol–water partition coefficient (Wildman–Crippen LogP) is 3.25. The molecule has 0 bridgehead atoms. The van der Waals surface area contributed by atoms with Gasteiger partial charge in [-0.25, -0.2) is 0 Å². The van der Waals surface area contributed by atoms with Gasteiger partial charge in [0.25, 0.3) is 0 Å². The Balaban J connectivity index is 2.00. The second-order valence-corrected chi connectivity index (χ2v) is 5.95. The van der Waals surface area contributed by atoms with E-state index in [2.05, 4.69) is 20.8 Å². The second-order valence-electron chi connectivity index (χ2n) is 5.95.